The average molecular weight is 677 g/mol. The number of nitrogens with one attached hydrogen (secondary N) is 2. The molecule has 0 saturated carbocycles. The van der Waals surface area contributed by atoms with Gasteiger partial charge in [0.25, 0.3) is 11.8 Å². The summed E-state index contributed by atoms with van der Waals surface area (Å²) in [5, 5.41) is 26.7. The van der Waals surface area contributed by atoms with Crippen LogP contribution < -0.4 is 15.4 Å². The van der Waals surface area contributed by atoms with Crippen molar-refractivity contribution in [2.75, 3.05) is 13.2 Å². The Hall–Kier alpha value is -4.46. The number of aliphatic hydroxyl groups is 2. The van der Waals surface area contributed by atoms with Crippen LogP contribution in [0.3, 0.4) is 0 Å². The molecular formula is C43H52N2O5. The minimum absolute atomic E-state index is 0.230. The molecule has 0 aliphatic carbocycles. The first-order valence-electron chi connectivity index (χ1n) is 17.5. The van der Waals surface area contributed by atoms with Crippen LogP contribution in [-0.4, -0.2) is 47.3 Å². The topological polar surface area (TPSA) is 108 Å². The van der Waals surface area contributed by atoms with Crippen LogP contribution in [0.1, 0.15) is 109 Å². The van der Waals surface area contributed by atoms with E-state index in [1.54, 1.807) is 0 Å². The van der Waals surface area contributed by atoms with Crippen LogP contribution in [-0.2, 0) is 29.1 Å². The molecule has 0 bridgehead atoms. The third-order valence-corrected chi connectivity index (χ3v) is 9.71. The molecule has 1 aliphatic rings. The van der Waals surface area contributed by atoms with Crippen molar-refractivity contribution in [3.63, 3.8) is 0 Å². The quantitative estimate of drug-likeness (QED) is 0.140. The molecule has 2 amide bonds. The predicted molar refractivity (Wildman–Crippen MR) is 199 cm³/mol. The Morgan fingerprint density at radius 3 is 1.32 bits per heavy atom. The number of fused-ring (bicyclic) bond motifs is 2. The Balaban J connectivity index is 1.61. The molecule has 0 aromatic heterocycles. The van der Waals surface area contributed by atoms with E-state index in [0.29, 0.717) is 35.5 Å². The number of benzene rings is 4. The molecule has 1 aliphatic heterocycles. The molecule has 0 unspecified atom stereocenters. The molecule has 5 rings (SSSR count). The van der Waals surface area contributed by atoms with Gasteiger partial charge in [-0.3, -0.25) is 9.59 Å². The molecule has 4 aromatic carbocycles. The molecule has 0 radical (unpaired) electrons. The lowest BCUT2D eigenvalue weighted by Crippen LogP contribution is -2.40. The highest BCUT2D eigenvalue weighted by atomic mass is 16.5. The highest BCUT2D eigenvalue weighted by Gasteiger charge is 2.41. The molecule has 7 heteroatoms. The molecule has 1 heterocycles. The van der Waals surface area contributed by atoms with Crippen LogP contribution in [0, 0.1) is 0 Å². The molecule has 4 N–H and O–H groups in total. The summed E-state index contributed by atoms with van der Waals surface area (Å²) in [7, 11) is 0. The van der Waals surface area contributed by atoms with Gasteiger partial charge in [0.15, 0.2) is 0 Å². The normalized spacial score (nSPS) is 14.8. The van der Waals surface area contributed by atoms with E-state index in [1.807, 2.05) is 72.8 Å². The van der Waals surface area contributed by atoms with Gasteiger partial charge in [0, 0.05) is 16.5 Å². The maximum Gasteiger partial charge on any atom is 0.255 e. The Morgan fingerprint density at radius 2 is 1.00 bits per heavy atom. The summed E-state index contributed by atoms with van der Waals surface area (Å²) < 4.78 is 6.77. The van der Waals surface area contributed by atoms with Crippen molar-refractivity contribution in [1.82, 2.24) is 10.6 Å². The zero-order chi connectivity index (χ0) is 36.4. The van der Waals surface area contributed by atoms with E-state index in [4.69, 9.17) is 4.74 Å². The minimum atomic E-state index is -0.656. The molecule has 0 saturated heterocycles. The maximum atomic E-state index is 14.2. The summed E-state index contributed by atoms with van der Waals surface area (Å²) in [5.41, 5.74) is 5.13. The highest BCUT2D eigenvalue weighted by Crippen LogP contribution is 2.52. The molecule has 50 heavy (non-hydrogen) atoms. The van der Waals surface area contributed by atoms with Crippen LogP contribution >= 0.6 is 0 Å². The summed E-state index contributed by atoms with van der Waals surface area (Å²) >= 11 is 0. The lowest BCUT2D eigenvalue weighted by atomic mass is 9.70. The Kier molecular flexibility index (Phi) is 10.6. The SMILES string of the molecule is CC(C)(C)c1cc(C(=O)N[C@H](CO)Cc2ccccc2)c2c(c1)C(C)(C)c1cc(C(C)(C)C)cc(C(=O)N[C@H](CO)Cc3ccccc3)c1O2. The van der Waals surface area contributed by atoms with E-state index >= 15 is 0 Å². The first-order chi connectivity index (χ1) is 23.5. The number of rotatable bonds is 10. The maximum absolute atomic E-state index is 14.2. The highest BCUT2D eigenvalue weighted by molar-refractivity contribution is 6.01. The van der Waals surface area contributed by atoms with Gasteiger partial charge in [-0.05, 0) is 58.1 Å². The first kappa shape index (κ1) is 36.8. The molecule has 4 aromatic rings. The molecule has 2 atom stereocenters. The molecule has 0 fully saturated rings. The van der Waals surface area contributed by atoms with Crippen LogP contribution in [0.2, 0.25) is 0 Å². The minimum Gasteiger partial charge on any atom is -0.455 e. The van der Waals surface area contributed by atoms with Gasteiger partial charge in [0.05, 0.1) is 36.4 Å². The van der Waals surface area contributed by atoms with Gasteiger partial charge in [0.2, 0.25) is 0 Å². The summed E-state index contributed by atoms with van der Waals surface area (Å²) in [5.74, 6) is 0.0686. The second kappa shape index (κ2) is 14.4. The molecule has 0 spiro atoms. The Bertz CT molecular complexity index is 1700. The third-order valence-electron chi connectivity index (χ3n) is 9.71. The standard InChI is InChI=1S/C43H52N2O5/c1-41(2,3)29-21-33(39(48)44-31(25-46)19-27-15-11-9-12-16-27)37-35(23-29)43(7,8)36-24-30(42(4,5)6)22-34(38(36)50-37)40(49)45-32(26-47)20-28-17-13-10-14-18-28/h9-18,21-24,31-32,46-47H,19-20,25-26H2,1-8H3,(H,44,48)(H,45,49)/t31-,32-/m0/s1. The van der Waals surface area contributed by atoms with Gasteiger partial charge in [-0.1, -0.05) is 128 Å². The van der Waals surface area contributed by atoms with Crippen molar-refractivity contribution < 1.29 is 24.5 Å². The van der Waals surface area contributed by atoms with Crippen molar-refractivity contribution in [2.24, 2.45) is 0 Å². The van der Waals surface area contributed by atoms with Crippen LogP contribution in [0.25, 0.3) is 0 Å². The van der Waals surface area contributed by atoms with Crippen molar-refractivity contribution in [3.05, 3.63) is 129 Å². The number of carbonyl (C=O) groups excluding carboxylic acids is 2. The van der Waals surface area contributed by atoms with E-state index in [2.05, 4.69) is 78.2 Å². The van der Waals surface area contributed by atoms with Crippen molar-refractivity contribution in [1.29, 1.82) is 0 Å². The number of aliphatic hydroxyl groups excluding tert-OH is 2. The van der Waals surface area contributed by atoms with Gasteiger partial charge in [-0.15, -0.1) is 0 Å². The van der Waals surface area contributed by atoms with Crippen LogP contribution in [0.5, 0.6) is 11.5 Å². The van der Waals surface area contributed by atoms with Gasteiger partial charge in [0.1, 0.15) is 11.5 Å². The second-order valence-electron chi connectivity index (χ2n) is 16.1. The third kappa shape index (κ3) is 7.95. The van der Waals surface area contributed by atoms with E-state index in [9.17, 15) is 19.8 Å². The average Bonchev–Trinajstić information content (AvgIpc) is 3.07. The van der Waals surface area contributed by atoms with Gasteiger partial charge in [-0.2, -0.15) is 0 Å². The number of hydrogen-bond acceptors (Lipinski definition) is 5. The van der Waals surface area contributed by atoms with Gasteiger partial charge in [-0.25, -0.2) is 0 Å². The van der Waals surface area contributed by atoms with Crippen molar-refractivity contribution >= 4 is 11.8 Å². The Labute approximate surface area is 297 Å². The first-order valence-corrected chi connectivity index (χ1v) is 17.5. The lowest BCUT2D eigenvalue weighted by Gasteiger charge is -2.39. The summed E-state index contributed by atoms with van der Waals surface area (Å²) in [6, 6.07) is 26.4. The fraction of sp³-hybridized carbons (Fsp3) is 0.395. The fourth-order valence-corrected chi connectivity index (χ4v) is 6.50. The van der Waals surface area contributed by atoms with E-state index < -0.39 is 17.5 Å². The number of ether oxygens (including phenoxy) is 1. The zero-order valence-electron chi connectivity index (χ0n) is 30.7. The zero-order valence-corrected chi connectivity index (χ0v) is 30.7. The number of hydrogen-bond donors (Lipinski definition) is 4. The van der Waals surface area contributed by atoms with E-state index in [0.717, 1.165) is 33.4 Å². The van der Waals surface area contributed by atoms with Crippen LogP contribution in [0.4, 0.5) is 0 Å². The molecule has 7 nitrogen and oxygen atoms in total. The number of carbonyl (C=O) groups is 2. The second-order valence-corrected chi connectivity index (χ2v) is 16.1. The van der Waals surface area contributed by atoms with Crippen LogP contribution in [0.15, 0.2) is 84.9 Å². The Morgan fingerprint density at radius 1 is 0.640 bits per heavy atom. The van der Waals surface area contributed by atoms with Crippen molar-refractivity contribution in [2.45, 2.75) is 96.6 Å². The summed E-state index contributed by atoms with van der Waals surface area (Å²) in [6.07, 6.45) is 0.933. The van der Waals surface area contributed by atoms with E-state index in [-0.39, 0.29) is 35.9 Å². The monoisotopic (exact) mass is 676 g/mol. The lowest BCUT2D eigenvalue weighted by molar-refractivity contribution is 0.0910. The summed E-state index contributed by atoms with van der Waals surface area (Å²) in [6.45, 7) is 16.4. The number of amides is 2. The predicted octanol–water partition coefficient (Wildman–Crippen LogP) is 7.38. The van der Waals surface area contributed by atoms with Gasteiger partial charge >= 0.3 is 0 Å². The molecule has 264 valence electrons. The largest absolute Gasteiger partial charge is 0.455 e. The van der Waals surface area contributed by atoms with E-state index in [1.165, 1.54) is 0 Å². The molecular weight excluding hydrogens is 624 g/mol. The summed E-state index contributed by atoms with van der Waals surface area (Å²) in [4.78, 5) is 28.5. The fourth-order valence-electron chi connectivity index (χ4n) is 6.50. The van der Waals surface area contributed by atoms with Gasteiger partial charge < -0.3 is 25.6 Å². The van der Waals surface area contributed by atoms with Crippen molar-refractivity contribution in [3.8, 4) is 11.5 Å². The smallest absolute Gasteiger partial charge is 0.255 e.